The highest BCUT2D eigenvalue weighted by molar-refractivity contribution is 7.10. The standard InChI is InChI=1S/C14H14ClN3OS/c1-18-9-11(15)7-12(18)14(19)17-8-13-10(3-2-5-16)4-6-20-13/h4,6-7,9H,5,8,16H2,1H3,(H,17,19). The monoisotopic (exact) mass is 307 g/mol. The minimum Gasteiger partial charge on any atom is -0.346 e. The maximum Gasteiger partial charge on any atom is 0.268 e. The Kier molecular flexibility index (Phi) is 4.85. The predicted molar refractivity (Wildman–Crippen MR) is 81.8 cm³/mol. The van der Waals surface area contributed by atoms with E-state index < -0.39 is 0 Å². The van der Waals surface area contributed by atoms with E-state index >= 15 is 0 Å². The third kappa shape index (κ3) is 3.42. The highest BCUT2D eigenvalue weighted by Gasteiger charge is 2.11. The van der Waals surface area contributed by atoms with Gasteiger partial charge in [-0.2, -0.15) is 0 Å². The summed E-state index contributed by atoms with van der Waals surface area (Å²) in [4.78, 5) is 13.1. The molecule has 4 nitrogen and oxygen atoms in total. The molecule has 0 fully saturated rings. The van der Waals surface area contributed by atoms with Gasteiger partial charge >= 0.3 is 0 Å². The zero-order valence-corrected chi connectivity index (χ0v) is 12.5. The van der Waals surface area contributed by atoms with Gasteiger partial charge in [0, 0.05) is 23.7 Å². The Morgan fingerprint density at radius 2 is 2.40 bits per heavy atom. The van der Waals surface area contributed by atoms with E-state index in [2.05, 4.69) is 17.2 Å². The van der Waals surface area contributed by atoms with Gasteiger partial charge < -0.3 is 15.6 Å². The number of carbonyl (C=O) groups is 1. The lowest BCUT2D eigenvalue weighted by molar-refractivity contribution is 0.0943. The number of amides is 1. The average molecular weight is 308 g/mol. The summed E-state index contributed by atoms with van der Waals surface area (Å²) < 4.78 is 1.70. The van der Waals surface area contributed by atoms with Gasteiger partial charge in [0.05, 0.1) is 18.1 Å². The second kappa shape index (κ2) is 6.62. The van der Waals surface area contributed by atoms with Crippen molar-refractivity contribution in [2.24, 2.45) is 12.8 Å². The van der Waals surface area contributed by atoms with Crippen LogP contribution in [0.4, 0.5) is 0 Å². The largest absolute Gasteiger partial charge is 0.346 e. The Hall–Kier alpha value is -1.74. The average Bonchev–Trinajstić information content (AvgIpc) is 2.99. The van der Waals surface area contributed by atoms with E-state index in [4.69, 9.17) is 17.3 Å². The minimum atomic E-state index is -0.162. The van der Waals surface area contributed by atoms with E-state index in [0.717, 1.165) is 10.4 Å². The summed E-state index contributed by atoms with van der Waals surface area (Å²) in [6.07, 6.45) is 1.69. The molecular weight excluding hydrogens is 294 g/mol. The lowest BCUT2D eigenvalue weighted by atomic mass is 10.2. The van der Waals surface area contributed by atoms with Crippen LogP contribution < -0.4 is 11.1 Å². The molecule has 0 aromatic carbocycles. The van der Waals surface area contributed by atoms with Crippen LogP contribution in [-0.4, -0.2) is 17.0 Å². The first-order valence-electron chi connectivity index (χ1n) is 5.97. The fraction of sp³-hybridized carbons (Fsp3) is 0.214. The lowest BCUT2D eigenvalue weighted by Crippen LogP contribution is -2.24. The third-order valence-electron chi connectivity index (χ3n) is 2.68. The van der Waals surface area contributed by atoms with Crippen molar-refractivity contribution >= 4 is 28.8 Å². The van der Waals surface area contributed by atoms with Gasteiger partial charge in [-0.3, -0.25) is 4.79 Å². The molecule has 2 rings (SSSR count). The number of rotatable bonds is 3. The van der Waals surface area contributed by atoms with Crippen LogP contribution in [0.15, 0.2) is 23.7 Å². The Balaban J connectivity index is 2.04. The maximum absolute atomic E-state index is 12.1. The first-order valence-corrected chi connectivity index (χ1v) is 7.23. The zero-order valence-electron chi connectivity index (χ0n) is 10.9. The van der Waals surface area contributed by atoms with Gasteiger partial charge in [0.25, 0.3) is 5.91 Å². The highest BCUT2D eigenvalue weighted by atomic mass is 35.5. The number of aromatic nitrogens is 1. The second-order valence-corrected chi connectivity index (χ2v) is 5.54. The van der Waals surface area contributed by atoms with Crippen LogP contribution >= 0.6 is 22.9 Å². The number of hydrogen-bond acceptors (Lipinski definition) is 3. The van der Waals surface area contributed by atoms with E-state index in [1.807, 2.05) is 11.4 Å². The van der Waals surface area contributed by atoms with Crippen molar-refractivity contribution in [3.63, 3.8) is 0 Å². The van der Waals surface area contributed by atoms with Crippen LogP contribution in [0, 0.1) is 11.8 Å². The maximum atomic E-state index is 12.1. The van der Waals surface area contributed by atoms with E-state index in [1.54, 1.807) is 35.2 Å². The Morgan fingerprint density at radius 1 is 1.60 bits per heavy atom. The van der Waals surface area contributed by atoms with E-state index in [0.29, 0.717) is 23.8 Å². The van der Waals surface area contributed by atoms with Crippen LogP contribution in [0.3, 0.4) is 0 Å². The van der Waals surface area contributed by atoms with Crippen molar-refractivity contribution in [2.75, 3.05) is 6.54 Å². The summed E-state index contributed by atoms with van der Waals surface area (Å²) in [5.74, 6) is 5.64. The molecule has 0 aliphatic heterocycles. The van der Waals surface area contributed by atoms with Crippen LogP contribution in [0.2, 0.25) is 5.02 Å². The molecule has 6 heteroatoms. The van der Waals surface area contributed by atoms with Crippen molar-refractivity contribution in [1.82, 2.24) is 9.88 Å². The van der Waals surface area contributed by atoms with Crippen molar-refractivity contribution in [1.29, 1.82) is 0 Å². The molecule has 0 aliphatic carbocycles. The summed E-state index contributed by atoms with van der Waals surface area (Å²) >= 11 is 7.42. The van der Waals surface area contributed by atoms with E-state index in [1.165, 1.54) is 0 Å². The molecule has 0 radical (unpaired) electrons. The van der Waals surface area contributed by atoms with Crippen LogP contribution in [0.25, 0.3) is 0 Å². The number of nitrogens with two attached hydrogens (primary N) is 1. The normalized spacial score (nSPS) is 9.95. The fourth-order valence-corrected chi connectivity index (χ4v) is 2.76. The van der Waals surface area contributed by atoms with Gasteiger partial charge in [-0.15, -0.1) is 11.3 Å². The molecule has 0 saturated carbocycles. The molecule has 0 saturated heterocycles. The first kappa shape index (κ1) is 14.7. The molecule has 0 spiro atoms. The summed E-state index contributed by atoms with van der Waals surface area (Å²) in [6.45, 7) is 0.761. The Bertz CT molecular complexity index is 678. The molecule has 3 N–H and O–H groups in total. The molecule has 20 heavy (non-hydrogen) atoms. The van der Waals surface area contributed by atoms with Gasteiger partial charge in [0.2, 0.25) is 0 Å². The predicted octanol–water partition coefficient (Wildman–Crippen LogP) is 1.98. The topological polar surface area (TPSA) is 60.0 Å². The first-order chi connectivity index (χ1) is 9.61. The number of nitrogens with zero attached hydrogens (tertiary/aromatic N) is 1. The number of nitrogens with one attached hydrogen (secondary N) is 1. The molecule has 0 atom stereocenters. The van der Waals surface area contributed by atoms with Crippen molar-refractivity contribution < 1.29 is 4.79 Å². The second-order valence-electron chi connectivity index (χ2n) is 4.10. The number of halogens is 1. The van der Waals surface area contributed by atoms with Crippen molar-refractivity contribution in [3.8, 4) is 11.8 Å². The number of carbonyl (C=O) groups excluding carboxylic acids is 1. The van der Waals surface area contributed by atoms with Crippen molar-refractivity contribution in [2.45, 2.75) is 6.54 Å². The summed E-state index contributed by atoms with van der Waals surface area (Å²) in [6, 6.07) is 3.56. The SMILES string of the molecule is Cn1cc(Cl)cc1C(=O)NCc1sccc1C#CCN. The van der Waals surface area contributed by atoms with E-state index in [9.17, 15) is 4.79 Å². The van der Waals surface area contributed by atoms with Gasteiger partial charge in [-0.25, -0.2) is 0 Å². The van der Waals surface area contributed by atoms with Gasteiger partial charge in [-0.05, 0) is 17.5 Å². The van der Waals surface area contributed by atoms with E-state index in [-0.39, 0.29) is 5.91 Å². The molecule has 0 unspecified atom stereocenters. The van der Waals surface area contributed by atoms with Crippen LogP contribution in [-0.2, 0) is 13.6 Å². The van der Waals surface area contributed by atoms with Crippen LogP contribution in [0.1, 0.15) is 20.9 Å². The molecule has 0 bridgehead atoms. The fourth-order valence-electron chi connectivity index (χ4n) is 1.74. The molecule has 1 amide bonds. The number of aryl methyl sites for hydroxylation is 1. The summed E-state index contributed by atoms with van der Waals surface area (Å²) in [5, 5.41) is 5.36. The van der Waals surface area contributed by atoms with Crippen molar-refractivity contribution in [3.05, 3.63) is 44.9 Å². The molecule has 104 valence electrons. The zero-order chi connectivity index (χ0) is 14.5. The Morgan fingerprint density at radius 3 is 3.05 bits per heavy atom. The molecule has 2 heterocycles. The van der Waals surface area contributed by atoms with Gasteiger partial charge in [0.1, 0.15) is 5.69 Å². The number of thiophene rings is 1. The Labute approximate surface area is 126 Å². The van der Waals surface area contributed by atoms with Gasteiger partial charge in [-0.1, -0.05) is 23.4 Å². The van der Waals surface area contributed by atoms with Crippen LogP contribution in [0.5, 0.6) is 0 Å². The molecule has 0 aliphatic rings. The quantitative estimate of drug-likeness (QED) is 0.852. The summed E-state index contributed by atoms with van der Waals surface area (Å²) in [7, 11) is 1.78. The molecule has 2 aromatic heterocycles. The lowest BCUT2D eigenvalue weighted by Gasteiger charge is -2.05. The molecule has 2 aromatic rings. The smallest absolute Gasteiger partial charge is 0.268 e. The third-order valence-corrected chi connectivity index (χ3v) is 3.81. The van der Waals surface area contributed by atoms with Gasteiger partial charge in [0.15, 0.2) is 0 Å². The minimum absolute atomic E-state index is 0.162. The molecular formula is C14H14ClN3OS. The highest BCUT2D eigenvalue weighted by Crippen LogP contribution is 2.16. The number of hydrogen-bond donors (Lipinski definition) is 2. The summed E-state index contributed by atoms with van der Waals surface area (Å²) in [5.41, 5.74) is 6.79.